The van der Waals surface area contributed by atoms with Crippen molar-refractivity contribution >= 4 is 11.5 Å². The van der Waals surface area contributed by atoms with Gasteiger partial charge in [-0.05, 0) is 18.2 Å². The van der Waals surface area contributed by atoms with Crippen LogP contribution in [0, 0.1) is 0 Å². The number of carbonyl (C=O) groups excluding carboxylic acids is 1. The first-order chi connectivity index (χ1) is 7.04. The van der Waals surface area contributed by atoms with Crippen LogP contribution in [-0.2, 0) is 0 Å². The van der Waals surface area contributed by atoms with Crippen LogP contribution in [0.3, 0.4) is 0 Å². The Labute approximate surface area is 85.8 Å². The highest BCUT2D eigenvalue weighted by Gasteiger charge is 2.14. The van der Waals surface area contributed by atoms with Gasteiger partial charge in [0.15, 0.2) is 5.78 Å². The fourth-order valence-corrected chi connectivity index (χ4v) is 1.15. The first-order valence-electron chi connectivity index (χ1n) is 4.42. The predicted molar refractivity (Wildman–Crippen MR) is 52.1 cm³/mol. The van der Waals surface area contributed by atoms with E-state index in [1.807, 2.05) is 0 Å². The van der Waals surface area contributed by atoms with Crippen molar-refractivity contribution in [2.24, 2.45) is 0 Å². The van der Waals surface area contributed by atoms with Crippen molar-refractivity contribution in [2.45, 2.75) is 20.0 Å². The fourth-order valence-electron chi connectivity index (χ4n) is 1.15. The number of ether oxygens (including phenoxy) is 1. The molecule has 3 nitrogen and oxygen atoms in total. The third-order valence-electron chi connectivity index (χ3n) is 1.84. The van der Waals surface area contributed by atoms with Gasteiger partial charge in [-0.1, -0.05) is 6.92 Å². The monoisotopic (exact) mass is 215 g/mol. The summed E-state index contributed by atoms with van der Waals surface area (Å²) in [6, 6.07) is 4.01. The molecule has 1 rings (SSSR count). The minimum absolute atomic E-state index is 0.0952. The number of anilines is 1. The van der Waals surface area contributed by atoms with Crippen LogP contribution in [-0.4, -0.2) is 12.4 Å². The lowest BCUT2D eigenvalue weighted by Crippen LogP contribution is -2.08. The van der Waals surface area contributed by atoms with Gasteiger partial charge in [-0.15, -0.1) is 0 Å². The van der Waals surface area contributed by atoms with Crippen molar-refractivity contribution in [3.05, 3.63) is 23.8 Å². The molecule has 0 aliphatic rings. The number of halogens is 2. The summed E-state index contributed by atoms with van der Waals surface area (Å²) in [5.41, 5.74) is 5.89. The van der Waals surface area contributed by atoms with E-state index in [2.05, 4.69) is 4.74 Å². The van der Waals surface area contributed by atoms with Crippen molar-refractivity contribution in [1.82, 2.24) is 0 Å². The first kappa shape index (κ1) is 11.4. The van der Waals surface area contributed by atoms with Crippen LogP contribution >= 0.6 is 0 Å². The fraction of sp³-hybridized carbons (Fsp3) is 0.300. The average Bonchev–Trinajstić information content (AvgIpc) is 2.19. The Morgan fingerprint density at radius 2 is 2.20 bits per heavy atom. The van der Waals surface area contributed by atoms with E-state index in [9.17, 15) is 13.6 Å². The van der Waals surface area contributed by atoms with E-state index in [1.165, 1.54) is 18.2 Å². The van der Waals surface area contributed by atoms with Gasteiger partial charge in [-0.25, -0.2) is 0 Å². The predicted octanol–water partition coefficient (Wildman–Crippen LogP) is 2.46. The molecule has 0 unspecified atom stereocenters. The van der Waals surface area contributed by atoms with E-state index in [4.69, 9.17) is 5.73 Å². The number of hydrogen-bond donors (Lipinski definition) is 1. The number of carbonyl (C=O) groups is 1. The number of hydrogen-bond acceptors (Lipinski definition) is 3. The molecule has 0 spiro atoms. The Hall–Kier alpha value is -1.65. The normalized spacial score (nSPS) is 10.4. The highest BCUT2D eigenvalue weighted by Crippen LogP contribution is 2.24. The lowest BCUT2D eigenvalue weighted by molar-refractivity contribution is -0.0501. The maximum Gasteiger partial charge on any atom is 0.387 e. The van der Waals surface area contributed by atoms with Crippen molar-refractivity contribution in [3.8, 4) is 5.75 Å². The van der Waals surface area contributed by atoms with Gasteiger partial charge in [0.1, 0.15) is 5.75 Å². The maximum atomic E-state index is 12.0. The molecule has 1 aromatic carbocycles. The Balaban J connectivity index is 3.08. The number of nitrogens with two attached hydrogens (primary N) is 1. The van der Waals surface area contributed by atoms with Crippen LogP contribution in [0.4, 0.5) is 14.5 Å². The van der Waals surface area contributed by atoms with Gasteiger partial charge in [0.2, 0.25) is 0 Å². The summed E-state index contributed by atoms with van der Waals surface area (Å²) in [5.74, 6) is -0.413. The third-order valence-corrected chi connectivity index (χ3v) is 1.84. The minimum Gasteiger partial charge on any atom is -0.434 e. The minimum atomic E-state index is -2.95. The molecule has 0 saturated heterocycles. The van der Waals surface area contributed by atoms with Crippen molar-refractivity contribution in [2.75, 3.05) is 5.73 Å². The number of ketones is 1. The second-order valence-electron chi connectivity index (χ2n) is 2.91. The topological polar surface area (TPSA) is 52.3 Å². The molecule has 1 aromatic rings. The molecule has 0 saturated carbocycles. The Bertz CT molecular complexity index is 366. The van der Waals surface area contributed by atoms with E-state index in [0.717, 1.165) is 0 Å². The molecular weight excluding hydrogens is 204 g/mol. The van der Waals surface area contributed by atoms with Crippen LogP contribution in [0.25, 0.3) is 0 Å². The molecule has 15 heavy (non-hydrogen) atoms. The second kappa shape index (κ2) is 4.72. The largest absolute Gasteiger partial charge is 0.434 e. The molecule has 0 aliphatic carbocycles. The first-order valence-corrected chi connectivity index (χ1v) is 4.42. The van der Waals surface area contributed by atoms with Crippen LogP contribution < -0.4 is 10.5 Å². The Morgan fingerprint density at radius 3 is 2.73 bits per heavy atom. The quantitative estimate of drug-likeness (QED) is 0.620. The zero-order chi connectivity index (χ0) is 11.4. The van der Waals surface area contributed by atoms with E-state index in [0.29, 0.717) is 5.69 Å². The average molecular weight is 215 g/mol. The zero-order valence-electron chi connectivity index (χ0n) is 8.17. The molecule has 0 bridgehead atoms. The number of Topliss-reactive ketones (excluding diaryl/α,β-unsaturated/α-hetero) is 1. The zero-order valence-corrected chi connectivity index (χ0v) is 8.17. The molecule has 2 N–H and O–H groups in total. The summed E-state index contributed by atoms with van der Waals surface area (Å²) in [6.45, 7) is -1.31. The summed E-state index contributed by atoms with van der Waals surface area (Å²) in [6.07, 6.45) is 0.211. The summed E-state index contributed by atoms with van der Waals surface area (Å²) >= 11 is 0. The van der Waals surface area contributed by atoms with Crippen molar-refractivity contribution in [3.63, 3.8) is 0 Å². The summed E-state index contributed by atoms with van der Waals surface area (Å²) < 4.78 is 28.2. The van der Waals surface area contributed by atoms with Crippen molar-refractivity contribution < 1.29 is 18.3 Å². The standard InChI is InChI=1S/C10H11F2NO2/c1-2-8(14)7-5-6(13)3-4-9(7)15-10(11)12/h3-5,10H,2,13H2,1H3. The van der Waals surface area contributed by atoms with Crippen LogP contribution in [0.1, 0.15) is 23.7 Å². The molecule has 0 fully saturated rings. The second-order valence-corrected chi connectivity index (χ2v) is 2.91. The van der Waals surface area contributed by atoms with Gasteiger partial charge >= 0.3 is 6.61 Å². The number of nitrogen functional groups attached to an aromatic ring is 1. The van der Waals surface area contributed by atoms with Crippen LogP contribution in [0.5, 0.6) is 5.75 Å². The summed E-state index contributed by atoms with van der Waals surface area (Å²) in [7, 11) is 0. The summed E-state index contributed by atoms with van der Waals surface area (Å²) in [4.78, 5) is 11.4. The van der Waals surface area contributed by atoms with Crippen LogP contribution in [0.2, 0.25) is 0 Å². The maximum absolute atomic E-state index is 12.0. The lowest BCUT2D eigenvalue weighted by atomic mass is 10.1. The van der Waals surface area contributed by atoms with Gasteiger partial charge in [-0.3, -0.25) is 4.79 Å². The van der Waals surface area contributed by atoms with E-state index < -0.39 is 6.61 Å². The highest BCUT2D eigenvalue weighted by atomic mass is 19.3. The van der Waals surface area contributed by atoms with E-state index in [-0.39, 0.29) is 23.5 Å². The molecule has 0 aromatic heterocycles. The highest BCUT2D eigenvalue weighted by molar-refractivity contribution is 5.99. The third kappa shape index (κ3) is 2.90. The van der Waals surface area contributed by atoms with Gasteiger partial charge < -0.3 is 10.5 Å². The van der Waals surface area contributed by atoms with Crippen LogP contribution in [0.15, 0.2) is 18.2 Å². The molecule has 82 valence electrons. The molecule has 0 heterocycles. The van der Waals surface area contributed by atoms with Gasteiger partial charge in [0, 0.05) is 12.1 Å². The lowest BCUT2D eigenvalue weighted by Gasteiger charge is -2.09. The molecule has 5 heteroatoms. The number of rotatable bonds is 4. The molecule has 0 aliphatic heterocycles. The van der Waals surface area contributed by atoms with Gasteiger partial charge in [0.05, 0.1) is 5.56 Å². The summed E-state index contributed by atoms with van der Waals surface area (Å²) in [5, 5.41) is 0. The Kier molecular flexibility index (Phi) is 3.60. The van der Waals surface area contributed by atoms with Gasteiger partial charge in [-0.2, -0.15) is 8.78 Å². The van der Waals surface area contributed by atoms with E-state index >= 15 is 0 Å². The Morgan fingerprint density at radius 1 is 1.53 bits per heavy atom. The smallest absolute Gasteiger partial charge is 0.387 e. The molecule has 0 atom stereocenters. The number of alkyl halides is 2. The molecular formula is C10H11F2NO2. The molecule has 0 radical (unpaired) electrons. The van der Waals surface area contributed by atoms with E-state index in [1.54, 1.807) is 6.92 Å². The molecule has 0 amide bonds. The van der Waals surface area contributed by atoms with Crippen molar-refractivity contribution in [1.29, 1.82) is 0 Å². The van der Waals surface area contributed by atoms with Gasteiger partial charge in [0.25, 0.3) is 0 Å². The SMILES string of the molecule is CCC(=O)c1cc(N)ccc1OC(F)F. The number of benzene rings is 1.